The number of hydrogen-bond acceptors (Lipinski definition) is 4. The number of rotatable bonds is 7. The van der Waals surface area contributed by atoms with E-state index in [9.17, 15) is 4.79 Å². The highest BCUT2D eigenvalue weighted by atomic mass is 16.2. The molecule has 0 aliphatic heterocycles. The van der Waals surface area contributed by atoms with Crippen molar-refractivity contribution >= 4 is 5.91 Å². The highest BCUT2D eigenvalue weighted by Gasteiger charge is 2.12. The van der Waals surface area contributed by atoms with Crippen LogP contribution in [0.5, 0.6) is 0 Å². The van der Waals surface area contributed by atoms with Gasteiger partial charge < -0.3 is 5.32 Å². The number of carbonyl (C=O) groups is 1. The van der Waals surface area contributed by atoms with E-state index in [-0.39, 0.29) is 11.9 Å². The molecule has 1 amide bonds. The van der Waals surface area contributed by atoms with Crippen molar-refractivity contribution in [1.82, 2.24) is 25.4 Å². The molecule has 6 nitrogen and oxygen atoms in total. The van der Waals surface area contributed by atoms with Crippen LogP contribution in [0.2, 0.25) is 0 Å². The number of hydrogen-bond donors (Lipinski definition) is 2. The Morgan fingerprint density at radius 2 is 2.17 bits per heavy atom. The number of aromatic nitrogens is 3. The fraction of sp³-hybridized carbons (Fsp3) is 0.750. The standard InChI is InChI=1S/C12H23N5O/c1-9(2)5-6-13-12(18)10(3)14-7-11-15-8-17(4)16-11/h8-10,14H,5-7H2,1-4H3,(H,13,18). The van der Waals surface area contributed by atoms with Crippen molar-refractivity contribution in [1.29, 1.82) is 0 Å². The van der Waals surface area contributed by atoms with E-state index in [2.05, 4.69) is 34.6 Å². The Balaban J connectivity index is 2.23. The van der Waals surface area contributed by atoms with Gasteiger partial charge in [-0.1, -0.05) is 13.8 Å². The summed E-state index contributed by atoms with van der Waals surface area (Å²) in [6.45, 7) is 7.35. The highest BCUT2D eigenvalue weighted by molar-refractivity contribution is 5.81. The minimum Gasteiger partial charge on any atom is -0.355 e. The van der Waals surface area contributed by atoms with Gasteiger partial charge in [0.1, 0.15) is 6.33 Å². The molecule has 0 saturated carbocycles. The van der Waals surface area contributed by atoms with Gasteiger partial charge in [0.2, 0.25) is 5.91 Å². The molecule has 6 heteroatoms. The van der Waals surface area contributed by atoms with E-state index in [1.54, 1.807) is 11.0 Å². The molecule has 0 bridgehead atoms. The Bertz CT molecular complexity index is 374. The predicted molar refractivity (Wildman–Crippen MR) is 69.8 cm³/mol. The maximum Gasteiger partial charge on any atom is 0.236 e. The van der Waals surface area contributed by atoms with Crippen LogP contribution in [0.3, 0.4) is 0 Å². The molecule has 0 saturated heterocycles. The van der Waals surface area contributed by atoms with Gasteiger partial charge in [0.15, 0.2) is 5.82 Å². The van der Waals surface area contributed by atoms with Gasteiger partial charge in [0.05, 0.1) is 12.6 Å². The molecule has 0 radical (unpaired) electrons. The minimum absolute atomic E-state index is 0.0200. The van der Waals surface area contributed by atoms with Gasteiger partial charge in [-0.25, -0.2) is 4.98 Å². The first-order chi connectivity index (χ1) is 8.49. The van der Waals surface area contributed by atoms with Crippen LogP contribution in [0.4, 0.5) is 0 Å². The Hall–Kier alpha value is -1.43. The van der Waals surface area contributed by atoms with Crippen molar-refractivity contribution in [2.45, 2.75) is 39.8 Å². The molecule has 0 aromatic carbocycles. The van der Waals surface area contributed by atoms with Gasteiger partial charge in [0.25, 0.3) is 0 Å². The lowest BCUT2D eigenvalue weighted by molar-refractivity contribution is -0.122. The summed E-state index contributed by atoms with van der Waals surface area (Å²) in [6.07, 6.45) is 2.64. The molecule has 1 aromatic heterocycles. The third-order valence-electron chi connectivity index (χ3n) is 2.63. The monoisotopic (exact) mass is 253 g/mol. The van der Waals surface area contributed by atoms with E-state index in [1.165, 1.54) is 0 Å². The van der Waals surface area contributed by atoms with Gasteiger partial charge in [0, 0.05) is 13.6 Å². The molecule has 0 aliphatic carbocycles. The Kier molecular flexibility index (Phi) is 5.77. The number of aryl methyl sites for hydroxylation is 1. The summed E-state index contributed by atoms with van der Waals surface area (Å²) in [6, 6.07) is -0.235. The summed E-state index contributed by atoms with van der Waals surface area (Å²) in [5.74, 6) is 1.32. The van der Waals surface area contributed by atoms with Crippen molar-refractivity contribution in [3.8, 4) is 0 Å². The SMILES string of the molecule is CC(C)CCNC(=O)C(C)NCc1ncn(C)n1. The minimum atomic E-state index is -0.235. The van der Waals surface area contributed by atoms with Crippen LogP contribution in [0, 0.1) is 5.92 Å². The van der Waals surface area contributed by atoms with Gasteiger partial charge >= 0.3 is 0 Å². The van der Waals surface area contributed by atoms with E-state index in [0.717, 1.165) is 13.0 Å². The Labute approximate surface area is 108 Å². The largest absolute Gasteiger partial charge is 0.355 e. The summed E-state index contributed by atoms with van der Waals surface area (Å²) in [5, 5.41) is 10.1. The zero-order valence-electron chi connectivity index (χ0n) is 11.6. The first-order valence-electron chi connectivity index (χ1n) is 6.34. The predicted octanol–water partition coefficient (Wildman–Crippen LogP) is 0.456. The number of carbonyl (C=O) groups excluding carboxylic acids is 1. The van der Waals surface area contributed by atoms with E-state index in [1.807, 2.05) is 14.0 Å². The summed E-state index contributed by atoms with van der Waals surface area (Å²) >= 11 is 0. The van der Waals surface area contributed by atoms with Crippen molar-refractivity contribution in [3.05, 3.63) is 12.2 Å². The van der Waals surface area contributed by atoms with Gasteiger partial charge in [-0.05, 0) is 19.3 Å². The van der Waals surface area contributed by atoms with Gasteiger partial charge in [-0.3, -0.25) is 14.8 Å². The summed E-state index contributed by atoms with van der Waals surface area (Å²) in [5.41, 5.74) is 0. The lowest BCUT2D eigenvalue weighted by Crippen LogP contribution is -2.42. The van der Waals surface area contributed by atoms with E-state index >= 15 is 0 Å². The maximum absolute atomic E-state index is 11.7. The zero-order valence-corrected chi connectivity index (χ0v) is 11.6. The van der Waals surface area contributed by atoms with Crippen LogP contribution in [-0.4, -0.2) is 33.3 Å². The van der Waals surface area contributed by atoms with E-state index in [4.69, 9.17) is 0 Å². The second kappa shape index (κ2) is 7.10. The number of nitrogens with one attached hydrogen (secondary N) is 2. The molecule has 0 aliphatic rings. The van der Waals surface area contributed by atoms with Crippen LogP contribution in [0.25, 0.3) is 0 Å². The topological polar surface area (TPSA) is 71.8 Å². The average Bonchev–Trinajstić information content (AvgIpc) is 2.71. The first kappa shape index (κ1) is 14.6. The van der Waals surface area contributed by atoms with Crippen LogP contribution < -0.4 is 10.6 Å². The average molecular weight is 253 g/mol. The number of nitrogens with zero attached hydrogens (tertiary/aromatic N) is 3. The van der Waals surface area contributed by atoms with Gasteiger partial charge in [-0.2, -0.15) is 5.10 Å². The summed E-state index contributed by atoms with van der Waals surface area (Å²) < 4.78 is 1.64. The van der Waals surface area contributed by atoms with E-state index in [0.29, 0.717) is 18.3 Å². The molecule has 1 aromatic rings. The summed E-state index contributed by atoms with van der Waals surface area (Å²) in [7, 11) is 1.82. The van der Waals surface area contributed by atoms with Crippen molar-refractivity contribution in [3.63, 3.8) is 0 Å². The first-order valence-corrected chi connectivity index (χ1v) is 6.34. The maximum atomic E-state index is 11.7. The van der Waals surface area contributed by atoms with Crippen molar-refractivity contribution < 1.29 is 4.79 Å². The molecule has 0 spiro atoms. The fourth-order valence-corrected chi connectivity index (χ4v) is 1.44. The molecule has 1 unspecified atom stereocenters. The van der Waals surface area contributed by atoms with Crippen LogP contribution >= 0.6 is 0 Å². The van der Waals surface area contributed by atoms with Crippen molar-refractivity contribution in [2.24, 2.45) is 13.0 Å². The van der Waals surface area contributed by atoms with E-state index < -0.39 is 0 Å². The quantitative estimate of drug-likeness (QED) is 0.740. The third kappa shape index (κ3) is 5.27. The zero-order chi connectivity index (χ0) is 13.5. The highest BCUT2D eigenvalue weighted by Crippen LogP contribution is 1.96. The Morgan fingerprint density at radius 3 is 2.72 bits per heavy atom. The van der Waals surface area contributed by atoms with Gasteiger partial charge in [-0.15, -0.1) is 0 Å². The molecule has 102 valence electrons. The molecule has 1 heterocycles. The Morgan fingerprint density at radius 1 is 1.44 bits per heavy atom. The molecular weight excluding hydrogens is 230 g/mol. The molecule has 1 atom stereocenters. The second-order valence-corrected chi connectivity index (χ2v) is 4.91. The smallest absolute Gasteiger partial charge is 0.236 e. The fourth-order valence-electron chi connectivity index (χ4n) is 1.44. The second-order valence-electron chi connectivity index (χ2n) is 4.91. The molecule has 18 heavy (non-hydrogen) atoms. The normalized spacial score (nSPS) is 12.7. The van der Waals surface area contributed by atoms with Crippen LogP contribution in [-0.2, 0) is 18.4 Å². The van der Waals surface area contributed by atoms with Crippen molar-refractivity contribution in [2.75, 3.05) is 6.54 Å². The van der Waals surface area contributed by atoms with Crippen LogP contribution in [0.1, 0.15) is 33.0 Å². The molecular formula is C12H23N5O. The molecule has 0 fully saturated rings. The third-order valence-corrected chi connectivity index (χ3v) is 2.63. The summed E-state index contributed by atoms with van der Waals surface area (Å²) in [4.78, 5) is 15.8. The lowest BCUT2D eigenvalue weighted by Gasteiger charge is -2.13. The molecule has 2 N–H and O–H groups in total. The molecule has 1 rings (SSSR count). The van der Waals surface area contributed by atoms with Crippen LogP contribution in [0.15, 0.2) is 6.33 Å². The number of amides is 1. The lowest BCUT2D eigenvalue weighted by atomic mass is 10.1.